The quantitative estimate of drug-likeness (QED) is 0.407. The van der Waals surface area contributed by atoms with Crippen molar-refractivity contribution in [3.63, 3.8) is 0 Å². The summed E-state index contributed by atoms with van der Waals surface area (Å²) in [5, 5.41) is 11.0. The van der Waals surface area contributed by atoms with E-state index in [2.05, 4.69) is 15.9 Å². The lowest BCUT2D eigenvalue weighted by Crippen LogP contribution is -2.35. The number of methoxy groups -OCH3 is 1. The van der Waals surface area contributed by atoms with Crippen LogP contribution in [0.4, 0.5) is 0 Å². The minimum absolute atomic E-state index is 0.0873. The van der Waals surface area contributed by atoms with Gasteiger partial charge in [-0.3, -0.25) is 9.59 Å². The van der Waals surface area contributed by atoms with Crippen LogP contribution in [-0.4, -0.2) is 60.9 Å². The monoisotopic (exact) mass is 458 g/mol. The molecule has 1 aliphatic rings. The van der Waals surface area contributed by atoms with Gasteiger partial charge in [0.15, 0.2) is 0 Å². The van der Waals surface area contributed by atoms with Crippen LogP contribution in [0.25, 0.3) is 5.76 Å². The molecule has 1 fully saturated rings. The van der Waals surface area contributed by atoms with Crippen LogP contribution in [0, 0.1) is 0 Å². The molecule has 152 valence electrons. The maximum atomic E-state index is 12.9. The molecule has 1 N–H and O–H groups in total. The zero-order valence-electron chi connectivity index (χ0n) is 16.6. The number of amides is 1. The highest BCUT2D eigenvalue weighted by molar-refractivity contribution is 9.10. The minimum atomic E-state index is -0.686. The Bertz CT molecular complexity index is 954. The zero-order chi connectivity index (χ0) is 21.1. The number of halogens is 1. The van der Waals surface area contributed by atoms with Gasteiger partial charge in [0, 0.05) is 23.1 Å². The minimum Gasteiger partial charge on any atom is -0.507 e. The van der Waals surface area contributed by atoms with Gasteiger partial charge in [0.1, 0.15) is 11.5 Å². The molecule has 6 nitrogen and oxygen atoms in total. The number of aliphatic hydroxyl groups excluding tert-OH is 1. The summed E-state index contributed by atoms with van der Waals surface area (Å²) in [5.74, 6) is -0.865. The number of ether oxygens (including phenoxy) is 1. The van der Waals surface area contributed by atoms with E-state index in [0.29, 0.717) is 30.0 Å². The fraction of sp³-hybridized carbons (Fsp3) is 0.273. The van der Waals surface area contributed by atoms with Crippen molar-refractivity contribution >= 4 is 33.4 Å². The van der Waals surface area contributed by atoms with Gasteiger partial charge in [-0.05, 0) is 43.9 Å². The third-order valence-corrected chi connectivity index (χ3v) is 5.38. The molecule has 0 bridgehead atoms. The molecule has 0 saturated carbocycles. The molecule has 7 heteroatoms. The van der Waals surface area contributed by atoms with Gasteiger partial charge in [-0.25, -0.2) is 0 Å². The van der Waals surface area contributed by atoms with Crippen molar-refractivity contribution in [3.05, 3.63) is 69.7 Å². The molecule has 29 heavy (non-hydrogen) atoms. The Morgan fingerprint density at radius 2 is 1.86 bits per heavy atom. The first-order chi connectivity index (χ1) is 13.8. The molecule has 1 atom stereocenters. The summed E-state index contributed by atoms with van der Waals surface area (Å²) in [5.41, 5.74) is 1.28. The Hall–Kier alpha value is -2.64. The molecule has 3 rings (SSSR count). The van der Waals surface area contributed by atoms with Gasteiger partial charge in [-0.15, -0.1) is 0 Å². The molecule has 1 heterocycles. The second kappa shape index (κ2) is 8.80. The molecule has 0 aliphatic carbocycles. The first-order valence-corrected chi connectivity index (χ1v) is 9.95. The molecular weight excluding hydrogens is 436 g/mol. The van der Waals surface area contributed by atoms with Gasteiger partial charge in [0.25, 0.3) is 11.7 Å². The van der Waals surface area contributed by atoms with Crippen molar-refractivity contribution in [1.82, 2.24) is 9.80 Å². The normalized spacial score (nSPS) is 18.5. The second-order valence-corrected chi connectivity index (χ2v) is 7.99. The van der Waals surface area contributed by atoms with E-state index in [0.717, 1.165) is 4.47 Å². The van der Waals surface area contributed by atoms with Gasteiger partial charge < -0.3 is 19.6 Å². The van der Waals surface area contributed by atoms with Gasteiger partial charge in [0.2, 0.25) is 0 Å². The van der Waals surface area contributed by atoms with E-state index in [9.17, 15) is 14.7 Å². The van der Waals surface area contributed by atoms with Gasteiger partial charge in [0.05, 0.1) is 18.7 Å². The summed E-state index contributed by atoms with van der Waals surface area (Å²) >= 11 is 3.36. The number of ketones is 1. The van der Waals surface area contributed by atoms with E-state index in [-0.39, 0.29) is 11.3 Å². The number of hydrogen-bond acceptors (Lipinski definition) is 5. The number of likely N-dealkylation sites (tertiary alicyclic amines) is 1. The van der Waals surface area contributed by atoms with Crippen molar-refractivity contribution in [3.8, 4) is 5.75 Å². The fourth-order valence-electron chi connectivity index (χ4n) is 3.34. The van der Waals surface area contributed by atoms with E-state index in [1.54, 1.807) is 49.6 Å². The van der Waals surface area contributed by atoms with Crippen LogP contribution in [0.3, 0.4) is 0 Å². The van der Waals surface area contributed by atoms with Crippen molar-refractivity contribution in [2.45, 2.75) is 6.04 Å². The predicted octanol–water partition coefficient (Wildman–Crippen LogP) is 3.44. The van der Waals surface area contributed by atoms with Crippen LogP contribution in [0.1, 0.15) is 17.2 Å². The van der Waals surface area contributed by atoms with Crippen LogP contribution in [0.2, 0.25) is 0 Å². The molecule has 0 radical (unpaired) electrons. The second-order valence-electron chi connectivity index (χ2n) is 7.08. The average molecular weight is 459 g/mol. The molecule has 0 unspecified atom stereocenters. The topological polar surface area (TPSA) is 70.1 Å². The molecule has 2 aromatic rings. The third kappa shape index (κ3) is 4.36. The molecule has 1 saturated heterocycles. The average Bonchev–Trinajstić information content (AvgIpc) is 2.97. The number of likely N-dealkylation sites (N-methyl/N-ethyl adjacent to an activating group) is 1. The van der Waals surface area contributed by atoms with Crippen LogP contribution in [0.5, 0.6) is 5.75 Å². The Kier molecular flexibility index (Phi) is 6.39. The number of hydrogen-bond donors (Lipinski definition) is 1. The van der Waals surface area contributed by atoms with E-state index in [1.807, 2.05) is 25.1 Å². The molecule has 1 amide bonds. The van der Waals surface area contributed by atoms with Crippen molar-refractivity contribution < 1.29 is 19.4 Å². The summed E-state index contributed by atoms with van der Waals surface area (Å²) in [6.07, 6.45) is 0. The number of nitrogens with zero attached hydrogens (tertiary/aromatic N) is 2. The largest absolute Gasteiger partial charge is 0.507 e. The maximum absolute atomic E-state index is 12.9. The Labute approximate surface area is 178 Å². The lowest BCUT2D eigenvalue weighted by Gasteiger charge is -2.26. The van der Waals surface area contributed by atoms with Gasteiger partial charge in [-0.1, -0.05) is 40.2 Å². The summed E-state index contributed by atoms with van der Waals surface area (Å²) in [7, 11) is 5.36. The molecule has 0 aromatic heterocycles. The predicted molar refractivity (Wildman–Crippen MR) is 115 cm³/mol. The number of aliphatic hydroxyl groups is 1. The maximum Gasteiger partial charge on any atom is 0.295 e. The van der Waals surface area contributed by atoms with E-state index < -0.39 is 17.7 Å². The first-order valence-electron chi connectivity index (χ1n) is 9.16. The van der Waals surface area contributed by atoms with Gasteiger partial charge >= 0.3 is 0 Å². The summed E-state index contributed by atoms with van der Waals surface area (Å²) in [6, 6.07) is 13.5. The molecule has 1 aliphatic heterocycles. The number of carbonyl (C=O) groups excluding carboxylic acids is 2. The van der Waals surface area contributed by atoms with Crippen LogP contribution in [0.15, 0.2) is 58.6 Å². The van der Waals surface area contributed by atoms with Crippen molar-refractivity contribution in [2.75, 3.05) is 34.3 Å². The Morgan fingerprint density at radius 3 is 2.48 bits per heavy atom. The Morgan fingerprint density at radius 1 is 1.17 bits per heavy atom. The standard InChI is InChI=1S/C22H23BrN2O4/c1-24(2)11-12-25-19(15-5-4-6-17(13-15)29-3)18(21(27)22(25)28)20(26)14-7-9-16(23)10-8-14/h4-10,13,19,26H,11-12H2,1-3H3/t19-/m1/s1. The molecule has 2 aromatic carbocycles. The molecular formula is C22H23BrN2O4. The first kappa shape index (κ1) is 21.1. The summed E-state index contributed by atoms with van der Waals surface area (Å²) < 4.78 is 6.17. The number of carbonyl (C=O) groups is 2. The zero-order valence-corrected chi connectivity index (χ0v) is 18.1. The number of Topliss-reactive ketones (excluding diaryl/α,β-unsaturated/α-hetero) is 1. The van der Waals surface area contributed by atoms with Crippen molar-refractivity contribution in [2.24, 2.45) is 0 Å². The van der Waals surface area contributed by atoms with E-state index in [1.165, 1.54) is 4.90 Å². The van der Waals surface area contributed by atoms with Crippen LogP contribution < -0.4 is 4.74 Å². The smallest absolute Gasteiger partial charge is 0.295 e. The van der Waals surface area contributed by atoms with Crippen molar-refractivity contribution in [1.29, 1.82) is 0 Å². The summed E-state index contributed by atoms with van der Waals surface area (Å²) in [4.78, 5) is 29.2. The van der Waals surface area contributed by atoms with Crippen LogP contribution in [-0.2, 0) is 9.59 Å². The van der Waals surface area contributed by atoms with E-state index in [4.69, 9.17) is 4.74 Å². The third-order valence-electron chi connectivity index (χ3n) is 4.86. The van der Waals surface area contributed by atoms with E-state index >= 15 is 0 Å². The lowest BCUT2D eigenvalue weighted by atomic mass is 9.95. The highest BCUT2D eigenvalue weighted by Crippen LogP contribution is 2.40. The van der Waals surface area contributed by atoms with Crippen LogP contribution >= 0.6 is 15.9 Å². The highest BCUT2D eigenvalue weighted by atomic mass is 79.9. The number of rotatable bonds is 6. The lowest BCUT2D eigenvalue weighted by molar-refractivity contribution is -0.140. The Balaban J connectivity index is 2.15. The number of benzene rings is 2. The molecule has 0 spiro atoms. The van der Waals surface area contributed by atoms with Gasteiger partial charge in [-0.2, -0.15) is 0 Å². The SMILES string of the molecule is COc1cccc([C@@H]2C(=C(O)c3ccc(Br)cc3)C(=O)C(=O)N2CCN(C)C)c1. The highest BCUT2D eigenvalue weighted by Gasteiger charge is 2.45. The fourth-order valence-corrected chi connectivity index (χ4v) is 3.60. The summed E-state index contributed by atoms with van der Waals surface area (Å²) in [6.45, 7) is 0.947.